The van der Waals surface area contributed by atoms with Crippen LogP contribution in [0.2, 0.25) is 0 Å². The summed E-state index contributed by atoms with van der Waals surface area (Å²) in [6.07, 6.45) is 0.378. The Bertz CT molecular complexity index is 968. The van der Waals surface area contributed by atoms with Crippen molar-refractivity contribution in [3.63, 3.8) is 0 Å². The van der Waals surface area contributed by atoms with E-state index in [4.69, 9.17) is 4.74 Å². The highest BCUT2D eigenvalue weighted by atomic mass is 79.9. The molecule has 0 atom stereocenters. The smallest absolute Gasteiger partial charge is 0.412 e. The first kappa shape index (κ1) is 21.4. The summed E-state index contributed by atoms with van der Waals surface area (Å²) in [4.78, 5) is 12.1. The molecule has 0 aliphatic heterocycles. The number of rotatable bonds is 4. The second-order valence-electron chi connectivity index (χ2n) is 7.07. The molecule has 0 aliphatic carbocycles. The number of sulfone groups is 1. The zero-order valence-corrected chi connectivity index (χ0v) is 17.9. The first-order valence-corrected chi connectivity index (χ1v) is 10.8. The number of amides is 1. The fraction of sp³-hybridized carbons (Fsp3) is 0.316. The molecule has 2 rings (SSSR count). The van der Waals surface area contributed by atoms with E-state index in [2.05, 4.69) is 21.2 Å². The predicted molar refractivity (Wildman–Crippen MR) is 106 cm³/mol. The first-order valence-electron chi connectivity index (χ1n) is 8.13. The van der Waals surface area contributed by atoms with Crippen LogP contribution in [0.15, 0.2) is 45.8 Å². The van der Waals surface area contributed by atoms with E-state index in [1.165, 1.54) is 12.1 Å². The number of hydrogen-bond acceptors (Lipinski definition) is 4. The van der Waals surface area contributed by atoms with Crippen molar-refractivity contribution in [3.8, 4) is 0 Å². The lowest BCUT2D eigenvalue weighted by molar-refractivity contribution is 0.0635. The highest BCUT2D eigenvalue weighted by Crippen LogP contribution is 2.30. The Morgan fingerprint density at radius 1 is 1.19 bits per heavy atom. The minimum Gasteiger partial charge on any atom is -0.444 e. The van der Waals surface area contributed by atoms with Gasteiger partial charge in [-0.05, 0) is 44.5 Å². The molecule has 0 radical (unpaired) electrons. The molecule has 0 bridgehead atoms. The van der Waals surface area contributed by atoms with Gasteiger partial charge < -0.3 is 4.74 Å². The zero-order valence-electron chi connectivity index (χ0n) is 15.5. The Morgan fingerprint density at radius 3 is 2.41 bits per heavy atom. The fourth-order valence-electron chi connectivity index (χ4n) is 2.47. The second kappa shape index (κ2) is 7.98. The van der Waals surface area contributed by atoms with Crippen LogP contribution in [0.5, 0.6) is 0 Å². The van der Waals surface area contributed by atoms with Gasteiger partial charge in [0, 0.05) is 22.7 Å². The Hall–Kier alpha value is -1.93. The summed E-state index contributed by atoms with van der Waals surface area (Å²) < 4.78 is 44.6. The third-order valence-corrected chi connectivity index (χ3v) is 5.50. The highest BCUT2D eigenvalue weighted by Gasteiger charge is 2.21. The number of halogens is 2. The van der Waals surface area contributed by atoms with Gasteiger partial charge in [0.2, 0.25) is 0 Å². The van der Waals surface area contributed by atoms with Crippen molar-refractivity contribution < 1.29 is 22.3 Å². The summed E-state index contributed by atoms with van der Waals surface area (Å²) in [6.45, 7) is 5.12. The molecule has 0 fully saturated rings. The SMILES string of the molecule is CC(C)(C)OC(=O)Nc1ccc(Br)c(Cc2ccccc2S(C)(=O)=O)c1F. The first-order chi connectivity index (χ1) is 12.4. The average molecular weight is 458 g/mol. The topological polar surface area (TPSA) is 72.5 Å². The van der Waals surface area contributed by atoms with Crippen molar-refractivity contribution in [2.24, 2.45) is 0 Å². The van der Waals surface area contributed by atoms with Crippen LogP contribution < -0.4 is 5.32 Å². The van der Waals surface area contributed by atoms with Gasteiger partial charge in [0.1, 0.15) is 5.60 Å². The molecule has 0 saturated heterocycles. The van der Waals surface area contributed by atoms with E-state index in [1.54, 1.807) is 45.0 Å². The summed E-state index contributed by atoms with van der Waals surface area (Å²) in [7, 11) is -3.46. The van der Waals surface area contributed by atoms with Crippen molar-refractivity contribution >= 4 is 37.5 Å². The van der Waals surface area contributed by atoms with E-state index in [0.717, 1.165) is 6.26 Å². The molecular formula is C19H21BrFNO4S. The van der Waals surface area contributed by atoms with Gasteiger partial charge in [-0.25, -0.2) is 17.6 Å². The van der Waals surface area contributed by atoms with Crippen LogP contribution in [-0.4, -0.2) is 26.4 Å². The third kappa shape index (κ3) is 5.77. The molecule has 27 heavy (non-hydrogen) atoms. The minimum absolute atomic E-state index is 0.0412. The number of ether oxygens (including phenoxy) is 1. The molecule has 0 aliphatic rings. The van der Waals surface area contributed by atoms with Gasteiger partial charge in [-0.15, -0.1) is 0 Å². The summed E-state index contributed by atoms with van der Waals surface area (Å²) in [5.41, 5.74) is -0.0549. The average Bonchev–Trinajstić information content (AvgIpc) is 2.52. The van der Waals surface area contributed by atoms with Crippen molar-refractivity contribution in [1.82, 2.24) is 0 Å². The maximum absolute atomic E-state index is 15.0. The summed E-state index contributed by atoms with van der Waals surface area (Å²) in [5.74, 6) is -0.654. The Labute approximate surface area is 167 Å². The minimum atomic E-state index is -3.46. The molecule has 1 N–H and O–H groups in total. The maximum atomic E-state index is 15.0. The third-order valence-electron chi connectivity index (χ3n) is 3.56. The van der Waals surface area contributed by atoms with Crippen molar-refractivity contribution in [2.45, 2.75) is 37.7 Å². The second-order valence-corrected chi connectivity index (χ2v) is 9.91. The quantitative estimate of drug-likeness (QED) is 0.706. The largest absolute Gasteiger partial charge is 0.444 e. The molecule has 0 aromatic heterocycles. The van der Waals surface area contributed by atoms with E-state index in [9.17, 15) is 17.6 Å². The highest BCUT2D eigenvalue weighted by molar-refractivity contribution is 9.10. The van der Waals surface area contributed by atoms with E-state index < -0.39 is 27.3 Å². The zero-order chi connectivity index (χ0) is 20.4. The van der Waals surface area contributed by atoms with E-state index >= 15 is 0 Å². The molecule has 0 saturated carbocycles. The van der Waals surface area contributed by atoms with Gasteiger partial charge >= 0.3 is 6.09 Å². The molecule has 0 heterocycles. The molecule has 1 amide bonds. The molecular weight excluding hydrogens is 437 g/mol. The molecule has 0 unspecified atom stereocenters. The summed E-state index contributed by atoms with van der Waals surface area (Å²) in [5, 5.41) is 2.39. The lowest BCUT2D eigenvalue weighted by Crippen LogP contribution is -2.27. The van der Waals surface area contributed by atoms with Crippen molar-refractivity contribution in [2.75, 3.05) is 11.6 Å². The lowest BCUT2D eigenvalue weighted by atomic mass is 10.0. The van der Waals surface area contributed by atoms with E-state index in [1.807, 2.05) is 0 Å². The van der Waals surface area contributed by atoms with Gasteiger partial charge in [-0.1, -0.05) is 34.1 Å². The van der Waals surface area contributed by atoms with Crippen molar-refractivity contribution in [1.29, 1.82) is 0 Å². The molecule has 2 aromatic rings. The molecule has 8 heteroatoms. The molecule has 5 nitrogen and oxygen atoms in total. The van der Waals surface area contributed by atoms with E-state index in [0.29, 0.717) is 10.0 Å². The lowest BCUT2D eigenvalue weighted by Gasteiger charge is -2.20. The number of carbonyl (C=O) groups is 1. The van der Waals surface area contributed by atoms with Crippen LogP contribution in [-0.2, 0) is 21.0 Å². The molecule has 2 aromatic carbocycles. The Balaban J connectivity index is 2.39. The van der Waals surface area contributed by atoms with Crippen LogP contribution in [0.25, 0.3) is 0 Å². The van der Waals surface area contributed by atoms with E-state index in [-0.39, 0.29) is 22.6 Å². The van der Waals surface area contributed by atoms with Crippen molar-refractivity contribution in [3.05, 3.63) is 57.8 Å². The van der Waals surface area contributed by atoms with Gasteiger partial charge in [-0.2, -0.15) is 0 Å². The van der Waals surface area contributed by atoms with Crippen LogP contribution in [0.4, 0.5) is 14.9 Å². The Morgan fingerprint density at radius 2 is 1.81 bits per heavy atom. The molecule has 0 spiro atoms. The number of anilines is 1. The Kier molecular flexibility index (Phi) is 6.32. The molecule has 146 valence electrons. The normalized spacial score (nSPS) is 11.9. The number of benzene rings is 2. The number of nitrogens with one attached hydrogen (secondary N) is 1. The van der Waals surface area contributed by atoms with Gasteiger partial charge in [-0.3, -0.25) is 5.32 Å². The van der Waals surface area contributed by atoms with Crippen LogP contribution >= 0.6 is 15.9 Å². The predicted octanol–water partition coefficient (Wildman–Crippen LogP) is 4.93. The van der Waals surface area contributed by atoms with Crippen LogP contribution in [0.1, 0.15) is 31.9 Å². The summed E-state index contributed by atoms with van der Waals surface area (Å²) in [6, 6.07) is 9.43. The van der Waals surface area contributed by atoms with Gasteiger partial charge in [0.15, 0.2) is 15.7 Å². The van der Waals surface area contributed by atoms with Crippen LogP contribution in [0.3, 0.4) is 0 Å². The van der Waals surface area contributed by atoms with Crippen LogP contribution in [0, 0.1) is 5.82 Å². The van der Waals surface area contributed by atoms with Gasteiger partial charge in [0.25, 0.3) is 0 Å². The monoisotopic (exact) mass is 457 g/mol. The summed E-state index contributed by atoms with van der Waals surface area (Å²) >= 11 is 3.30. The maximum Gasteiger partial charge on any atom is 0.412 e. The standard InChI is InChI=1S/C19H21BrFNO4S/c1-19(2,3)26-18(23)22-15-10-9-14(20)13(17(15)21)11-12-7-5-6-8-16(12)27(4,24)25/h5-10H,11H2,1-4H3,(H,22,23). The van der Waals surface area contributed by atoms with Gasteiger partial charge in [0.05, 0.1) is 10.6 Å². The number of hydrogen-bond donors (Lipinski definition) is 1. The fourth-order valence-corrected chi connectivity index (χ4v) is 3.86. The number of carbonyl (C=O) groups excluding carboxylic acids is 1.